The molecule has 0 bridgehead atoms. The summed E-state index contributed by atoms with van der Waals surface area (Å²) in [5.74, 6) is 0. The molecule has 2 heterocycles. The topological polar surface area (TPSA) is 16.1 Å². The molecule has 2 fully saturated rings. The molecular weight excluding hydrogens is 276 g/mol. The lowest BCUT2D eigenvalue weighted by Crippen LogP contribution is -2.33. The molecule has 2 aliphatic rings. The van der Waals surface area contributed by atoms with Crippen molar-refractivity contribution in [3.8, 4) is 0 Å². The molecule has 1 aromatic rings. The summed E-state index contributed by atoms with van der Waals surface area (Å²) >= 11 is 2.00. The van der Waals surface area contributed by atoms with Crippen molar-refractivity contribution in [3.05, 3.63) is 23.9 Å². The second kappa shape index (κ2) is 7.64. The fourth-order valence-corrected chi connectivity index (χ4v) is 4.93. The van der Waals surface area contributed by atoms with E-state index in [9.17, 15) is 0 Å². The number of rotatable bonds is 4. The largest absolute Gasteiger partial charge is 0.297 e. The summed E-state index contributed by atoms with van der Waals surface area (Å²) in [4.78, 5) is 7.36. The van der Waals surface area contributed by atoms with E-state index in [-0.39, 0.29) is 0 Å². The molecule has 116 valence electrons. The van der Waals surface area contributed by atoms with Crippen molar-refractivity contribution in [3.63, 3.8) is 0 Å². The Balaban J connectivity index is 1.62. The summed E-state index contributed by atoms with van der Waals surface area (Å²) in [6.07, 6.45) is 13.1. The van der Waals surface area contributed by atoms with E-state index in [2.05, 4.69) is 30.2 Å². The first-order valence-corrected chi connectivity index (χ1v) is 9.61. The Kier molecular flexibility index (Phi) is 5.59. The van der Waals surface area contributed by atoms with Crippen molar-refractivity contribution in [2.24, 2.45) is 0 Å². The van der Waals surface area contributed by atoms with Gasteiger partial charge in [-0.3, -0.25) is 4.90 Å². The van der Waals surface area contributed by atoms with Crippen LogP contribution in [0.2, 0.25) is 0 Å². The number of aromatic nitrogens is 1. The fourth-order valence-electron chi connectivity index (χ4n) is 3.76. The number of nitrogens with zero attached hydrogens (tertiary/aromatic N) is 2. The third kappa shape index (κ3) is 4.01. The van der Waals surface area contributed by atoms with Crippen LogP contribution in [0.25, 0.3) is 0 Å². The van der Waals surface area contributed by atoms with Gasteiger partial charge in [0.25, 0.3) is 0 Å². The maximum absolute atomic E-state index is 4.75. The number of piperidine rings is 1. The highest BCUT2D eigenvalue weighted by Gasteiger charge is 2.23. The number of thioether (sulfide) groups is 1. The average molecular weight is 305 g/mol. The Morgan fingerprint density at radius 1 is 1.10 bits per heavy atom. The van der Waals surface area contributed by atoms with Crippen molar-refractivity contribution < 1.29 is 0 Å². The lowest BCUT2D eigenvalue weighted by molar-refractivity contribution is 0.157. The zero-order chi connectivity index (χ0) is 14.5. The third-order valence-corrected chi connectivity index (χ3v) is 6.29. The quantitative estimate of drug-likeness (QED) is 0.774. The molecule has 3 heteroatoms. The van der Waals surface area contributed by atoms with E-state index in [1.807, 2.05) is 11.8 Å². The summed E-state index contributed by atoms with van der Waals surface area (Å²) in [7, 11) is 0. The molecule has 0 radical (unpaired) electrons. The summed E-state index contributed by atoms with van der Waals surface area (Å²) in [6, 6.07) is 5.19. The Morgan fingerprint density at radius 3 is 2.62 bits per heavy atom. The second-order valence-corrected chi connectivity index (χ2v) is 7.77. The van der Waals surface area contributed by atoms with Gasteiger partial charge in [-0.1, -0.05) is 38.7 Å². The van der Waals surface area contributed by atoms with Gasteiger partial charge in [0.1, 0.15) is 0 Å². The maximum Gasteiger partial charge on any atom is 0.0962 e. The molecule has 2 nitrogen and oxygen atoms in total. The van der Waals surface area contributed by atoms with E-state index in [1.54, 1.807) is 0 Å². The van der Waals surface area contributed by atoms with Crippen LogP contribution in [0.1, 0.15) is 69.9 Å². The monoisotopic (exact) mass is 304 g/mol. The molecule has 1 saturated carbocycles. The number of pyridine rings is 1. The van der Waals surface area contributed by atoms with Crippen LogP contribution in [0.5, 0.6) is 0 Å². The molecule has 21 heavy (non-hydrogen) atoms. The van der Waals surface area contributed by atoms with Crippen molar-refractivity contribution in [2.45, 2.75) is 74.6 Å². The molecule has 1 atom stereocenters. The minimum absolute atomic E-state index is 0.602. The summed E-state index contributed by atoms with van der Waals surface area (Å²) < 4.78 is 0. The van der Waals surface area contributed by atoms with Crippen LogP contribution in [0.3, 0.4) is 0 Å². The maximum atomic E-state index is 4.75. The van der Waals surface area contributed by atoms with E-state index in [0.29, 0.717) is 6.04 Å². The van der Waals surface area contributed by atoms with E-state index < -0.39 is 0 Å². The molecule has 0 spiro atoms. The van der Waals surface area contributed by atoms with Gasteiger partial charge in [0.15, 0.2) is 0 Å². The average Bonchev–Trinajstić information content (AvgIpc) is 2.56. The smallest absolute Gasteiger partial charge is 0.0962 e. The second-order valence-electron chi connectivity index (χ2n) is 6.45. The van der Waals surface area contributed by atoms with Crippen LogP contribution in [0, 0.1) is 0 Å². The van der Waals surface area contributed by atoms with Gasteiger partial charge < -0.3 is 0 Å². The summed E-state index contributed by atoms with van der Waals surface area (Å²) in [5.41, 5.74) is 1.42. The van der Waals surface area contributed by atoms with E-state index in [4.69, 9.17) is 4.98 Å². The molecule has 0 N–H and O–H groups in total. The molecule has 0 amide bonds. The predicted molar refractivity (Wildman–Crippen MR) is 90.8 cm³/mol. The van der Waals surface area contributed by atoms with Crippen molar-refractivity contribution in [2.75, 3.05) is 13.1 Å². The van der Waals surface area contributed by atoms with Gasteiger partial charge in [-0.25, -0.2) is 4.98 Å². The zero-order valence-electron chi connectivity index (χ0n) is 13.3. The first kappa shape index (κ1) is 15.4. The highest BCUT2D eigenvalue weighted by molar-refractivity contribution is 7.99. The molecular formula is C18H28N2S. The molecule has 1 aliphatic heterocycles. The lowest BCUT2D eigenvalue weighted by Gasteiger charge is -2.35. The number of likely N-dealkylation sites (tertiary alicyclic amines) is 1. The Hall–Kier alpha value is -0.540. The third-order valence-electron chi connectivity index (χ3n) is 5.00. The number of hydrogen-bond acceptors (Lipinski definition) is 3. The highest BCUT2D eigenvalue weighted by Crippen LogP contribution is 2.34. The first-order chi connectivity index (χ1) is 10.4. The van der Waals surface area contributed by atoms with Gasteiger partial charge in [-0.15, -0.1) is 11.8 Å². The van der Waals surface area contributed by atoms with Crippen molar-refractivity contribution in [1.29, 1.82) is 0 Å². The van der Waals surface area contributed by atoms with Gasteiger partial charge in [-0.05, 0) is 50.4 Å². The van der Waals surface area contributed by atoms with Gasteiger partial charge in [0, 0.05) is 17.5 Å². The molecule has 3 rings (SSSR count). The zero-order valence-corrected chi connectivity index (χ0v) is 14.1. The Labute approximate surface area is 133 Å². The minimum Gasteiger partial charge on any atom is -0.297 e. The fraction of sp³-hybridized carbons (Fsp3) is 0.722. The molecule has 0 aromatic carbocycles. The van der Waals surface area contributed by atoms with Gasteiger partial charge >= 0.3 is 0 Å². The minimum atomic E-state index is 0.602. The molecule has 1 unspecified atom stereocenters. The molecule has 1 aliphatic carbocycles. The molecule has 1 aromatic heterocycles. The van der Waals surface area contributed by atoms with Crippen LogP contribution in [-0.2, 0) is 0 Å². The number of hydrogen-bond donors (Lipinski definition) is 0. The lowest BCUT2D eigenvalue weighted by atomic mass is 9.96. The summed E-state index contributed by atoms with van der Waals surface area (Å²) in [5, 5.41) is 2.03. The van der Waals surface area contributed by atoms with Crippen LogP contribution in [-0.4, -0.2) is 28.2 Å². The standard InChI is InChI=1S/C18H28N2S/c1-2-20-13-7-6-10-17(20)15-11-12-18(19-14-15)21-16-8-4-3-5-9-16/h11-12,14,16-17H,2-10,13H2,1H3. The SMILES string of the molecule is CCN1CCCCC1c1ccc(SC2CCCCC2)nc1. The molecule has 1 saturated heterocycles. The van der Waals surface area contributed by atoms with Gasteiger partial charge in [0.05, 0.1) is 5.03 Å². The Bertz CT molecular complexity index is 425. The van der Waals surface area contributed by atoms with E-state index in [1.165, 1.54) is 68.5 Å². The normalized spacial score (nSPS) is 25.1. The van der Waals surface area contributed by atoms with Gasteiger partial charge in [-0.2, -0.15) is 0 Å². The predicted octanol–water partition coefficient (Wildman–Crippen LogP) is 5.05. The first-order valence-electron chi connectivity index (χ1n) is 8.73. The van der Waals surface area contributed by atoms with Crippen LogP contribution in [0.15, 0.2) is 23.4 Å². The van der Waals surface area contributed by atoms with Crippen LogP contribution < -0.4 is 0 Å². The highest BCUT2D eigenvalue weighted by atomic mass is 32.2. The van der Waals surface area contributed by atoms with E-state index >= 15 is 0 Å². The van der Waals surface area contributed by atoms with Crippen molar-refractivity contribution >= 4 is 11.8 Å². The Morgan fingerprint density at radius 2 is 1.90 bits per heavy atom. The van der Waals surface area contributed by atoms with Crippen LogP contribution >= 0.6 is 11.8 Å². The summed E-state index contributed by atoms with van der Waals surface area (Å²) in [6.45, 7) is 4.68. The van der Waals surface area contributed by atoms with Gasteiger partial charge in [0.2, 0.25) is 0 Å². The van der Waals surface area contributed by atoms with Crippen molar-refractivity contribution in [1.82, 2.24) is 9.88 Å². The van der Waals surface area contributed by atoms with E-state index in [0.717, 1.165) is 11.8 Å². The van der Waals surface area contributed by atoms with Crippen LogP contribution in [0.4, 0.5) is 0 Å².